The van der Waals surface area contributed by atoms with Crippen LogP contribution in [0.1, 0.15) is 18.1 Å². The third-order valence-electron chi connectivity index (χ3n) is 2.56. The van der Waals surface area contributed by atoms with E-state index in [-0.39, 0.29) is 0 Å². The first-order valence-electron chi connectivity index (χ1n) is 5.34. The van der Waals surface area contributed by atoms with Gasteiger partial charge in [-0.05, 0) is 28.0 Å². The molecule has 0 spiro atoms. The summed E-state index contributed by atoms with van der Waals surface area (Å²) in [5, 5.41) is 14.4. The summed E-state index contributed by atoms with van der Waals surface area (Å²) >= 11 is 0. The Morgan fingerprint density at radius 3 is 2.62 bits per heavy atom. The Morgan fingerprint density at radius 2 is 2.00 bits per heavy atom. The number of aromatic nitrogens is 4. The molecular formula is C11H15N5. The van der Waals surface area contributed by atoms with Gasteiger partial charge in [0, 0.05) is 13.6 Å². The van der Waals surface area contributed by atoms with Gasteiger partial charge in [0.15, 0.2) is 0 Å². The van der Waals surface area contributed by atoms with E-state index in [1.807, 2.05) is 13.1 Å². The van der Waals surface area contributed by atoms with Crippen molar-refractivity contribution in [1.82, 2.24) is 20.2 Å². The summed E-state index contributed by atoms with van der Waals surface area (Å²) in [6.07, 6.45) is 1.04. The molecule has 5 nitrogen and oxygen atoms in total. The van der Waals surface area contributed by atoms with E-state index in [2.05, 4.69) is 46.0 Å². The number of tetrazole rings is 1. The predicted octanol–water partition coefficient (Wildman–Crippen LogP) is 1.38. The lowest BCUT2D eigenvalue weighted by atomic mass is 10.1. The highest BCUT2D eigenvalue weighted by Gasteiger charge is 2.03. The van der Waals surface area contributed by atoms with Gasteiger partial charge in [-0.3, -0.25) is 0 Å². The highest BCUT2D eigenvalue weighted by molar-refractivity contribution is 5.31. The van der Waals surface area contributed by atoms with Gasteiger partial charge in [-0.1, -0.05) is 36.3 Å². The van der Waals surface area contributed by atoms with Crippen molar-refractivity contribution in [3.8, 4) is 0 Å². The first-order valence-corrected chi connectivity index (χ1v) is 5.34. The Bertz CT molecular complexity index is 463. The largest absolute Gasteiger partial charge is 0.349 e. The molecule has 0 fully saturated rings. The number of aryl methyl sites for hydroxylation is 2. The Balaban J connectivity index is 2.07. The van der Waals surface area contributed by atoms with Gasteiger partial charge in [-0.25, -0.2) is 4.68 Å². The first-order chi connectivity index (χ1) is 7.81. The SMILES string of the molecule is CCc1ccccc1CNc1nnnn1C. The van der Waals surface area contributed by atoms with Gasteiger partial charge in [0.2, 0.25) is 5.95 Å². The third kappa shape index (κ3) is 2.18. The van der Waals surface area contributed by atoms with Gasteiger partial charge < -0.3 is 5.32 Å². The van der Waals surface area contributed by atoms with Crippen LogP contribution in [0, 0.1) is 0 Å². The van der Waals surface area contributed by atoms with Crippen molar-refractivity contribution in [1.29, 1.82) is 0 Å². The number of benzene rings is 1. The van der Waals surface area contributed by atoms with Crippen molar-refractivity contribution in [3.05, 3.63) is 35.4 Å². The molecule has 0 amide bonds. The van der Waals surface area contributed by atoms with Crippen LogP contribution in [-0.2, 0) is 20.0 Å². The molecule has 2 aromatic rings. The minimum atomic E-state index is 0.686. The fourth-order valence-corrected chi connectivity index (χ4v) is 1.63. The molecule has 0 unspecified atom stereocenters. The average molecular weight is 217 g/mol. The maximum atomic E-state index is 3.88. The summed E-state index contributed by atoms with van der Waals surface area (Å²) in [5.41, 5.74) is 2.64. The minimum Gasteiger partial charge on any atom is -0.349 e. The predicted molar refractivity (Wildman–Crippen MR) is 61.9 cm³/mol. The van der Waals surface area contributed by atoms with E-state index < -0.39 is 0 Å². The van der Waals surface area contributed by atoms with Crippen molar-refractivity contribution < 1.29 is 0 Å². The molecule has 16 heavy (non-hydrogen) atoms. The quantitative estimate of drug-likeness (QED) is 0.840. The molecule has 0 bridgehead atoms. The van der Waals surface area contributed by atoms with Crippen LogP contribution in [0.15, 0.2) is 24.3 Å². The van der Waals surface area contributed by atoms with Crippen LogP contribution in [0.25, 0.3) is 0 Å². The number of hydrogen-bond acceptors (Lipinski definition) is 4. The maximum absolute atomic E-state index is 3.88. The number of anilines is 1. The lowest BCUT2D eigenvalue weighted by molar-refractivity contribution is 0.712. The number of nitrogens with one attached hydrogen (secondary N) is 1. The number of rotatable bonds is 4. The van der Waals surface area contributed by atoms with E-state index in [1.165, 1.54) is 11.1 Å². The van der Waals surface area contributed by atoms with Crippen molar-refractivity contribution in [3.63, 3.8) is 0 Å². The van der Waals surface area contributed by atoms with E-state index in [9.17, 15) is 0 Å². The molecule has 0 saturated carbocycles. The molecule has 1 aromatic carbocycles. The average Bonchev–Trinajstić information content (AvgIpc) is 2.72. The Hall–Kier alpha value is -1.91. The topological polar surface area (TPSA) is 55.6 Å². The Kier molecular flexibility index (Phi) is 3.14. The highest BCUT2D eigenvalue weighted by Crippen LogP contribution is 2.10. The number of hydrogen-bond donors (Lipinski definition) is 1. The highest BCUT2D eigenvalue weighted by atomic mass is 15.6. The molecule has 5 heteroatoms. The molecule has 0 aliphatic heterocycles. The third-order valence-corrected chi connectivity index (χ3v) is 2.56. The molecule has 0 radical (unpaired) electrons. The van der Waals surface area contributed by atoms with Gasteiger partial charge in [0.25, 0.3) is 0 Å². The summed E-state index contributed by atoms with van der Waals surface area (Å²) in [6.45, 7) is 2.90. The zero-order valence-electron chi connectivity index (χ0n) is 9.51. The molecule has 0 aliphatic carbocycles. The van der Waals surface area contributed by atoms with Crippen molar-refractivity contribution in [2.45, 2.75) is 19.9 Å². The summed E-state index contributed by atoms with van der Waals surface area (Å²) in [5.74, 6) is 0.686. The molecule has 2 rings (SSSR count). The second-order valence-electron chi connectivity index (χ2n) is 3.60. The summed E-state index contributed by atoms with van der Waals surface area (Å²) in [4.78, 5) is 0. The normalized spacial score (nSPS) is 10.4. The second-order valence-corrected chi connectivity index (χ2v) is 3.60. The summed E-state index contributed by atoms with van der Waals surface area (Å²) < 4.78 is 1.62. The van der Waals surface area contributed by atoms with Crippen LogP contribution in [0.5, 0.6) is 0 Å². The van der Waals surface area contributed by atoms with E-state index >= 15 is 0 Å². The van der Waals surface area contributed by atoms with E-state index in [4.69, 9.17) is 0 Å². The lowest BCUT2D eigenvalue weighted by Crippen LogP contribution is -2.07. The molecule has 0 aliphatic rings. The molecule has 1 N–H and O–H groups in total. The van der Waals surface area contributed by atoms with Gasteiger partial charge >= 0.3 is 0 Å². The standard InChI is InChI=1S/C11H15N5/c1-3-9-6-4-5-7-10(9)8-12-11-13-14-15-16(11)2/h4-7H,3,8H2,1-2H3,(H,12,13,15). The van der Waals surface area contributed by atoms with Crippen molar-refractivity contribution in [2.24, 2.45) is 7.05 Å². The van der Waals surface area contributed by atoms with Gasteiger partial charge in [0.05, 0.1) is 0 Å². The summed E-state index contributed by atoms with van der Waals surface area (Å²) in [6, 6.07) is 8.37. The zero-order valence-corrected chi connectivity index (χ0v) is 9.51. The van der Waals surface area contributed by atoms with Gasteiger partial charge in [-0.15, -0.1) is 0 Å². The van der Waals surface area contributed by atoms with E-state index in [0.29, 0.717) is 5.95 Å². The molecule has 84 valence electrons. The fourth-order valence-electron chi connectivity index (χ4n) is 1.63. The molecule has 0 saturated heterocycles. The minimum absolute atomic E-state index is 0.686. The van der Waals surface area contributed by atoms with Crippen LogP contribution in [0.4, 0.5) is 5.95 Å². The van der Waals surface area contributed by atoms with Crippen LogP contribution in [0.3, 0.4) is 0 Å². The molecule has 1 heterocycles. The van der Waals surface area contributed by atoms with Crippen molar-refractivity contribution in [2.75, 3.05) is 5.32 Å². The summed E-state index contributed by atoms with van der Waals surface area (Å²) in [7, 11) is 1.81. The zero-order chi connectivity index (χ0) is 11.4. The molecule has 1 aromatic heterocycles. The van der Waals surface area contributed by atoms with Crippen LogP contribution in [-0.4, -0.2) is 20.2 Å². The smallest absolute Gasteiger partial charge is 0.242 e. The van der Waals surface area contributed by atoms with Crippen LogP contribution in [0.2, 0.25) is 0 Å². The van der Waals surface area contributed by atoms with E-state index in [1.54, 1.807) is 4.68 Å². The van der Waals surface area contributed by atoms with Crippen LogP contribution >= 0.6 is 0 Å². The molecular weight excluding hydrogens is 202 g/mol. The van der Waals surface area contributed by atoms with Crippen LogP contribution < -0.4 is 5.32 Å². The fraction of sp³-hybridized carbons (Fsp3) is 0.364. The Morgan fingerprint density at radius 1 is 1.25 bits per heavy atom. The second kappa shape index (κ2) is 4.74. The lowest BCUT2D eigenvalue weighted by Gasteiger charge is -2.08. The molecule has 0 atom stereocenters. The maximum Gasteiger partial charge on any atom is 0.242 e. The van der Waals surface area contributed by atoms with Gasteiger partial charge in [-0.2, -0.15) is 0 Å². The van der Waals surface area contributed by atoms with E-state index in [0.717, 1.165) is 13.0 Å². The van der Waals surface area contributed by atoms with Crippen molar-refractivity contribution >= 4 is 5.95 Å². The number of nitrogens with zero attached hydrogens (tertiary/aromatic N) is 4. The Labute approximate surface area is 94.5 Å². The first kappa shape index (κ1) is 10.6. The monoisotopic (exact) mass is 217 g/mol. The van der Waals surface area contributed by atoms with Gasteiger partial charge in [0.1, 0.15) is 0 Å².